The Morgan fingerprint density at radius 3 is 2.56 bits per heavy atom. The van der Waals surface area contributed by atoms with Crippen LogP contribution in [0.3, 0.4) is 0 Å². The Labute approximate surface area is 113 Å². The molecule has 0 amide bonds. The summed E-state index contributed by atoms with van der Waals surface area (Å²) in [6, 6.07) is 1.85. The van der Waals surface area contributed by atoms with Crippen LogP contribution in [0.2, 0.25) is 0 Å². The van der Waals surface area contributed by atoms with E-state index in [1.807, 2.05) is 35.0 Å². The molecule has 2 N–H and O–H groups in total. The SMILES string of the molecule is CC(C)(C)/C=C/c1cc(NI)c(C(=O)O)s1. The number of halogens is 1. The molecule has 1 aromatic heterocycles. The minimum atomic E-state index is -0.889. The van der Waals surface area contributed by atoms with Gasteiger partial charge in [0.25, 0.3) is 0 Å². The third kappa shape index (κ3) is 3.79. The van der Waals surface area contributed by atoms with E-state index in [0.29, 0.717) is 10.6 Å². The predicted octanol–water partition coefficient (Wildman–Crippen LogP) is 4.27. The second kappa shape index (κ2) is 5.18. The molecule has 1 heterocycles. The minimum Gasteiger partial charge on any atom is -0.477 e. The predicted molar refractivity (Wildman–Crippen MR) is 77.4 cm³/mol. The van der Waals surface area contributed by atoms with Crippen LogP contribution in [0.25, 0.3) is 6.08 Å². The summed E-state index contributed by atoms with van der Waals surface area (Å²) in [5.74, 6) is -0.889. The molecule has 0 aliphatic heterocycles. The summed E-state index contributed by atoms with van der Waals surface area (Å²) >= 11 is 3.22. The van der Waals surface area contributed by atoms with Crippen molar-refractivity contribution < 1.29 is 9.90 Å². The zero-order valence-electron chi connectivity index (χ0n) is 9.37. The Bertz CT molecular complexity index is 418. The average Bonchev–Trinajstić information content (AvgIpc) is 2.56. The van der Waals surface area contributed by atoms with Gasteiger partial charge in [-0.05, 0) is 17.6 Å². The first-order chi connectivity index (χ1) is 7.33. The number of hydrogen-bond acceptors (Lipinski definition) is 3. The molecule has 88 valence electrons. The number of carbonyl (C=O) groups is 1. The van der Waals surface area contributed by atoms with Crippen molar-refractivity contribution in [3.8, 4) is 0 Å². The van der Waals surface area contributed by atoms with Crippen LogP contribution in [0.15, 0.2) is 12.1 Å². The Kier molecular flexibility index (Phi) is 4.37. The van der Waals surface area contributed by atoms with Crippen molar-refractivity contribution in [2.24, 2.45) is 5.41 Å². The summed E-state index contributed by atoms with van der Waals surface area (Å²) in [5.41, 5.74) is 0.761. The molecule has 3 nitrogen and oxygen atoms in total. The van der Waals surface area contributed by atoms with Crippen molar-refractivity contribution >= 4 is 51.9 Å². The topological polar surface area (TPSA) is 49.3 Å². The van der Waals surface area contributed by atoms with Crippen LogP contribution in [0.4, 0.5) is 5.69 Å². The van der Waals surface area contributed by atoms with Crippen LogP contribution in [0.1, 0.15) is 35.3 Å². The highest BCUT2D eigenvalue weighted by Crippen LogP contribution is 2.30. The molecule has 5 heteroatoms. The summed E-state index contributed by atoms with van der Waals surface area (Å²) < 4.78 is 2.86. The molecule has 0 radical (unpaired) electrons. The molecule has 0 fully saturated rings. The lowest BCUT2D eigenvalue weighted by molar-refractivity contribution is 0.0703. The Morgan fingerprint density at radius 1 is 1.56 bits per heavy atom. The summed E-state index contributed by atoms with van der Waals surface area (Å²) in [4.78, 5) is 12.2. The Balaban J connectivity index is 3.00. The van der Waals surface area contributed by atoms with Crippen molar-refractivity contribution in [3.05, 3.63) is 21.9 Å². The molecule has 0 unspecified atom stereocenters. The molecule has 1 aromatic rings. The number of thiophene rings is 1. The molecular weight excluding hydrogens is 337 g/mol. The van der Waals surface area contributed by atoms with E-state index in [1.54, 1.807) is 0 Å². The maximum atomic E-state index is 10.9. The fourth-order valence-electron chi connectivity index (χ4n) is 1.05. The molecular formula is C11H14INO2S. The lowest BCUT2D eigenvalue weighted by atomic mass is 9.96. The van der Waals surface area contributed by atoms with E-state index in [1.165, 1.54) is 11.3 Å². The van der Waals surface area contributed by atoms with Gasteiger partial charge in [0.05, 0.1) is 28.6 Å². The first-order valence-corrected chi connectivity index (χ1v) is 6.66. The molecule has 0 bridgehead atoms. The first kappa shape index (κ1) is 13.5. The van der Waals surface area contributed by atoms with Crippen molar-refractivity contribution in [1.29, 1.82) is 0 Å². The summed E-state index contributed by atoms with van der Waals surface area (Å²) in [7, 11) is 0. The molecule has 0 aliphatic rings. The maximum Gasteiger partial charge on any atom is 0.348 e. The molecule has 0 spiro atoms. The first-order valence-electron chi connectivity index (χ1n) is 4.76. The minimum absolute atomic E-state index is 0.102. The summed E-state index contributed by atoms with van der Waals surface area (Å²) in [5, 5.41) is 8.98. The normalized spacial score (nSPS) is 12.0. The number of rotatable bonds is 3. The van der Waals surface area contributed by atoms with Gasteiger partial charge in [-0.15, -0.1) is 11.3 Å². The molecule has 0 aliphatic carbocycles. The second-order valence-corrected chi connectivity index (χ2v) is 6.11. The van der Waals surface area contributed by atoms with Gasteiger partial charge in [0.1, 0.15) is 4.88 Å². The van der Waals surface area contributed by atoms with E-state index in [2.05, 4.69) is 30.4 Å². The van der Waals surface area contributed by atoms with Gasteiger partial charge in [0.15, 0.2) is 0 Å². The standard InChI is InChI=1S/C11H14INO2S/c1-11(2,3)5-4-7-6-8(13-12)9(16-7)10(14)15/h4-6,13H,1-3H3,(H,14,15)/b5-4+. The second-order valence-electron chi connectivity index (χ2n) is 4.49. The van der Waals surface area contributed by atoms with Gasteiger partial charge < -0.3 is 8.64 Å². The van der Waals surface area contributed by atoms with Gasteiger partial charge >= 0.3 is 5.97 Å². The van der Waals surface area contributed by atoms with E-state index in [4.69, 9.17) is 5.11 Å². The fraction of sp³-hybridized carbons (Fsp3) is 0.364. The third-order valence-electron chi connectivity index (χ3n) is 1.79. The van der Waals surface area contributed by atoms with E-state index >= 15 is 0 Å². The van der Waals surface area contributed by atoms with Crippen LogP contribution in [-0.2, 0) is 0 Å². The Hall–Kier alpha value is -0.560. The van der Waals surface area contributed by atoms with Crippen molar-refractivity contribution in [2.45, 2.75) is 20.8 Å². The lowest BCUT2D eigenvalue weighted by Gasteiger charge is -2.10. The van der Waals surface area contributed by atoms with Gasteiger partial charge in [0, 0.05) is 4.88 Å². The lowest BCUT2D eigenvalue weighted by Crippen LogP contribution is -1.97. The number of hydrogen-bond donors (Lipinski definition) is 2. The van der Waals surface area contributed by atoms with Gasteiger partial charge in [0.2, 0.25) is 0 Å². The quantitative estimate of drug-likeness (QED) is 0.632. The van der Waals surface area contributed by atoms with E-state index in [9.17, 15) is 4.79 Å². The third-order valence-corrected chi connectivity index (χ3v) is 3.46. The smallest absolute Gasteiger partial charge is 0.348 e. The summed E-state index contributed by atoms with van der Waals surface area (Å²) in [6.45, 7) is 6.31. The van der Waals surface area contributed by atoms with Crippen LogP contribution >= 0.6 is 34.2 Å². The van der Waals surface area contributed by atoms with E-state index < -0.39 is 5.97 Å². The molecule has 0 saturated heterocycles. The van der Waals surface area contributed by atoms with Gasteiger partial charge in [-0.2, -0.15) is 0 Å². The highest BCUT2D eigenvalue weighted by molar-refractivity contribution is 14.1. The number of anilines is 1. The van der Waals surface area contributed by atoms with Crippen molar-refractivity contribution in [2.75, 3.05) is 3.53 Å². The van der Waals surface area contributed by atoms with E-state index in [0.717, 1.165) is 4.88 Å². The molecule has 16 heavy (non-hydrogen) atoms. The molecule has 1 rings (SSSR count). The summed E-state index contributed by atoms with van der Waals surface area (Å²) in [6.07, 6.45) is 4.04. The zero-order valence-corrected chi connectivity index (χ0v) is 12.3. The van der Waals surface area contributed by atoms with Gasteiger partial charge in [-0.25, -0.2) is 4.79 Å². The molecule has 0 atom stereocenters. The van der Waals surface area contributed by atoms with Crippen molar-refractivity contribution in [3.63, 3.8) is 0 Å². The maximum absolute atomic E-state index is 10.9. The van der Waals surface area contributed by atoms with Crippen LogP contribution in [0.5, 0.6) is 0 Å². The number of aromatic carboxylic acids is 1. The van der Waals surface area contributed by atoms with Gasteiger partial charge in [-0.1, -0.05) is 26.8 Å². The highest BCUT2D eigenvalue weighted by Gasteiger charge is 2.14. The van der Waals surface area contributed by atoms with Crippen molar-refractivity contribution in [1.82, 2.24) is 0 Å². The number of nitrogens with one attached hydrogen (secondary N) is 1. The number of allylic oxidation sites excluding steroid dienone is 1. The highest BCUT2D eigenvalue weighted by atomic mass is 127. The fourth-order valence-corrected chi connectivity index (χ4v) is 2.52. The van der Waals surface area contributed by atoms with Crippen LogP contribution < -0.4 is 3.53 Å². The van der Waals surface area contributed by atoms with Crippen LogP contribution in [-0.4, -0.2) is 11.1 Å². The van der Waals surface area contributed by atoms with Gasteiger partial charge in [-0.3, -0.25) is 0 Å². The molecule has 0 aromatic carbocycles. The number of carboxylic acid groups (broad SMARTS) is 1. The van der Waals surface area contributed by atoms with E-state index in [-0.39, 0.29) is 5.41 Å². The monoisotopic (exact) mass is 351 g/mol. The number of carboxylic acids is 1. The molecule has 0 saturated carbocycles. The average molecular weight is 351 g/mol. The largest absolute Gasteiger partial charge is 0.477 e. The van der Waals surface area contributed by atoms with Crippen LogP contribution in [0, 0.1) is 5.41 Å². The Morgan fingerprint density at radius 2 is 2.19 bits per heavy atom. The zero-order chi connectivity index (χ0) is 12.3.